The first-order valence-electron chi connectivity index (χ1n) is 4.39. The Labute approximate surface area is 82.1 Å². The Kier molecular flexibility index (Phi) is 6.03. The van der Waals surface area contributed by atoms with Crippen molar-refractivity contribution >= 4 is 5.97 Å². The quantitative estimate of drug-likeness (QED) is 0.389. The van der Waals surface area contributed by atoms with Gasteiger partial charge >= 0.3 is 5.97 Å². The Bertz CT molecular complexity index is 195. The Morgan fingerprint density at radius 3 is 2.79 bits per heavy atom. The number of alkyl halides is 2. The van der Waals surface area contributed by atoms with Crippen LogP contribution in [-0.2, 0) is 9.53 Å². The Hall–Kier alpha value is -0.970. The van der Waals surface area contributed by atoms with Gasteiger partial charge < -0.3 is 10.1 Å². The summed E-state index contributed by atoms with van der Waals surface area (Å²) in [5, 5.41) is 2.49. The molecule has 14 heavy (non-hydrogen) atoms. The van der Waals surface area contributed by atoms with Crippen LogP contribution in [0.1, 0.15) is 13.3 Å². The fraction of sp³-hybridized carbons (Fsp3) is 0.667. The van der Waals surface area contributed by atoms with Gasteiger partial charge in [-0.05, 0) is 0 Å². The van der Waals surface area contributed by atoms with Crippen molar-refractivity contribution in [1.29, 1.82) is 0 Å². The van der Waals surface area contributed by atoms with E-state index in [1.54, 1.807) is 0 Å². The molecular formula is C9H15F2NO2. The standard InChI is InChI=1S/C9H15F2NO2/c1-3-8(13)14-6-5-12-7-9(10,11)4-2/h3,12H,1,4-7H2,2H3. The fourth-order valence-corrected chi connectivity index (χ4v) is 0.679. The molecule has 0 rings (SSSR count). The maximum atomic E-state index is 12.6. The molecule has 0 saturated heterocycles. The highest BCUT2D eigenvalue weighted by Gasteiger charge is 2.24. The minimum Gasteiger partial charge on any atom is -0.461 e. The van der Waals surface area contributed by atoms with E-state index in [1.165, 1.54) is 6.92 Å². The van der Waals surface area contributed by atoms with E-state index in [-0.39, 0.29) is 19.6 Å². The number of hydrogen-bond acceptors (Lipinski definition) is 3. The molecule has 0 amide bonds. The summed E-state index contributed by atoms with van der Waals surface area (Å²) in [5.74, 6) is -3.24. The molecule has 0 unspecified atom stereocenters. The lowest BCUT2D eigenvalue weighted by molar-refractivity contribution is -0.137. The number of halogens is 2. The van der Waals surface area contributed by atoms with Crippen LogP contribution >= 0.6 is 0 Å². The van der Waals surface area contributed by atoms with Crippen molar-refractivity contribution in [1.82, 2.24) is 5.32 Å². The van der Waals surface area contributed by atoms with Gasteiger partial charge in [0.1, 0.15) is 6.61 Å². The molecule has 0 aromatic carbocycles. The summed E-state index contributed by atoms with van der Waals surface area (Å²) >= 11 is 0. The van der Waals surface area contributed by atoms with Crippen molar-refractivity contribution < 1.29 is 18.3 Å². The SMILES string of the molecule is C=CC(=O)OCCNCC(F)(F)CC. The van der Waals surface area contributed by atoms with Crippen molar-refractivity contribution in [3.63, 3.8) is 0 Å². The van der Waals surface area contributed by atoms with Crippen LogP contribution in [0.2, 0.25) is 0 Å². The van der Waals surface area contributed by atoms with Crippen molar-refractivity contribution in [2.45, 2.75) is 19.3 Å². The molecule has 0 fully saturated rings. The van der Waals surface area contributed by atoms with Crippen LogP contribution in [0.25, 0.3) is 0 Å². The molecule has 0 saturated carbocycles. The minimum atomic E-state index is -2.69. The van der Waals surface area contributed by atoms with Crippen LogP contribution in [0.15, 0.2) is 12.7 Å². The maximum Gasteiger partial charge on any atom is 0.330 e. The molecule has 0 spiro atoms. The molecular weight excluding hydrogens is 192 g/mol. The van der Waals surface area contributed by atoms with E-state index >= 15 is 0 Å². The third-order valence-electron chi connectivity index (χ3n) is 1.59. The largest absolute Gasteiger partial charge is 0.461 e. The summed E-state index contributed by atoms with van der Waals surface area (Å²) < 4.78 is 29.8. The molecule has 0 aliphatic rings. The fourth-order valence-electron chi connectivity index (χ4n) is 0.679. The van der Waals surface area contributed by atoms with Gasteiger partial charge in [0.05, 0.1) is 6.54 Å². The first-order valence-corrected chi connectivity index (χ1v) is 4.39. The van der Waals surface area contributed by atoms with Gasteiger partial charge in [-0.2, -0.15) is 0 Å². The second kappa shape index (κ2) is 6.48. The zero-order chi connectivity index (χ0) is 11.0. The lowest BCUT2D eigenvalue weighted by atomic mass is 10.2. The van der Waals surface area contributed by atoms with Gasteiger partial charge in [0.15, 0.2) is 0 Å². The summed E-state index contributed by atoms with van der Waals surface area (Å²) in [6.07, 6.45) is 0.826. The third kappa shape index (κ3) is 6.54. The number of carbonyl (C=O) groups excluding carboxylic acids is 1. The predicted octanol–water partition coefficient (Wildman–Crippen LogP) is 1.35. The van der Waals surface area contributed by atoms with E-state index in [1.807, 2.05) is 0 Å². The van der Waals surface area contributed by atoms with Gasteiger partial charge in [-0.25, -0.2) is 13.6 Å². The van der Waals surface area contributed by atoms with Gasteiger partial charge in [-0.15, -0.1) is 0 Å². The zero-order valence-electron chi connectivity index (χ0n) is 8.19. The molecule has 0 bridgehead atoms. The van der Waals surface area contributed by atoms with E-state index in [2.05, 4.69) is 16.6 Å². The number of ether oxygens (including phenoxy) is 1. The van der Waals surface area contributed by atoms with Crippen LogP contribution < -0.4 is 5.32 Å². The van der Waals surface area contributed by atoms with Crippen LogP contribution in [-0.4, -0.2) is 31.6 Å². The smallest absolute Gasteiger partial charge is 0.330 e. The number of hydrogen-bond donors (Lipinski definition) is 1. The average Bonchev–Trinajstić information content (AvgIpc) is 2.17. The Morgan fingerprint density at radius 2 is 2.29 bits per heavy atom. The first-order chi connectivity index (χ1) is 6.52. The van der Waals surface area contributed by atoms with Gasteiger partial charge in [0.25, 0.3) is 5.92 Å². The predicted molar refractivity (Wildman–Crippen MR) is 49.3 cm³/mol. The Balaban J connectivity index is 3.38. The zero-order valence-corrected chi connectivity index (χ0v) is 8.19. The number of carbonyl (C=O) groups is 1. The van der Waals surface area contributed by atoms with Crippen molar-refractivity contribution in [3.05, 3.63) is 12.7 Å². The van der Waals surface area contributed by atoms with Crippen molar-refractivity contribution in [2.24, 2.45) is 0 Å². The molecule has 0 heterocycles. The van der Waals surface area contributed by atoms with E-state index in [4.69, 9.17) is 0 Å². The number of nitrogens with one attached hydrogen (secondary N) is 1. The van der Waals surface area contributed by atoms with Crippen molar-refractivity contribution in [2.75, 3.05) is 19.7 Å². The van der Waals surface area contributed by atoms with E-state index in [9.17, 15) is 13.6 Å². The highest BCUT2D eigenvalue weighted by atomic mass is 19.3. The summed E-state index contributed by atoms with van der Waals surface area (Å²) in [7, 11) is 0. The Morgan fingerprint density at radius 1 is 1.64 bits per heavy atom. The normalized spacial score (nSPS) is 11.1. The molecule has 0 aromatic rings. The van der Waals surface area contributed by atoms with Crippen LogP contribution in [0.5, 0.6) is 0 Å². The molecule has 82 valence electrons. The molecule has 0 aromatic heterocycles. The topological polar surface area (TPSA) is 38.3 Å². The molecule has 0 atom stereocenters. The van der Waals surface area contributed by atoms with E-state index < -0.39 is 18.4 Å². The second-order valence-corrected chi connectivity index (χ2v) is 2.76. The summed E-state index contributed by atoms with van der Waals surface area (Å²) in [4.78, 5) is 10.5. The van der Waals surface area contributed by atoms with Crippen molar-refractivity contribution in [3.8, 4) is 0 Å². The maximum absolute atomic E-state index is 12.6. The van der Waals surface area contributed by atoms with Crippen LogP contribution in [0.3, 0.4) is 0 Å². The molecule has 1 N–H and O–H groups in total. The summed E-state index contributed by atoms with van der Waals surface area (Å²) in [6, 6.07) is 0. The first kappa shape index (κ1) is 13.0. The van der Waals surface area contributed by atoms with Crippen LogP contribution in [0.4, 0.5) is 8.78 Å². The number of esters is 1. The van der Waals surface area contributed by atoms with E-state index in [0.29, 0.717) is 0 Å². The highest BCUT2D eigenvalue weighted by molar-refractivity contribution is 5.81. The highest BCUT2D eigenvalue weighted by Crippen LogP contribution is 2.15. The van der Waals surface area contributed by atoms with E-state index in [0.717, 1.165) is 6.08 Å². The molecule has 0 aliphatic heterocycles. The van der Waals surface area contributed by atoms with Gasteiger partial charge in [-0.1, -0.05) is 13.5 Å². The second-order valence-electron chi connectivity index (χ2n) is 2.76. The monoisotopic (exact) mass is 207 g/mol. The van der Waals surface area contributed by atoms with Crippen LogP contribution in [0, 0.1) is 0 Å². The van der Waals surface area contributed by atoms with Gasteiger partial charge in [0.2, 0.25) is 0 Å². The lowest BCUT2D eigenvalue weighted by Crippen LogP contribution is -2.34. The summed E-state index contributed by atoms with van der Waals surface area (Å²) in [6.45, 7) is 4.51. The number of rotatable bonds is 7. The minimum absolute atomic E-state index is 0.0741. The molecule has 5 heteroatoms. The molecule has 0 aliphatic carbocycles. The lowest BCUT2D eigenvalue weighted by Gasteiger charge is -2.14. The average molecular weight is 207 g/mol. The third-order valence-corrected chi connectivity index (χ3v) is 1.59. The van der Waals surface area contributed by atoms with Gasteiger partial charge in [-0.3, -0.25) is 0 Å². The molecule has 0 radical (unpaired) electrons. The summed E-state index contributed by atoms with van der Waals surface area (Å²) in [5.41, 5.74) is 0. The molecule has 3 nitrogen and oxygen atoms in total. The van der Waals surface area contributed by atoms with Gasteiger partial charge in [0, 0.05) is 19.0 Å².